The number of ether oxygens (including phenoxy) is 4. The number of halogens is 1. The summed E-state index contributed by atoms with van der Waals surface area (Å²) in [5.41, 5.74) is 0.176. The number of aryl methyl sites for hydroxylation is 1. The smallest absolute Gasteiger partial charge is 0.494 e. The minimum Gasteiger partial charge on any atom is -0.508 e. The molecule has 4 aromatic heterocycles. The molecule has 98 heavy (non-hydrogen) atoms. The van der Waals surface area contributed by atoms with Crippen molar-refractivity contribution in [2.45, 2.75) is 124 Å². The van der Waals surface area contributed by atoms with Crippen LogP contribution in [0.2, 0.25) is 0 Å². The Morgan fingerprint density at radius 2 is 0.612 bits per heavy atom. The van der Waals surface area contributed by atoms with Crippen LogP contribution in [-0.4, -0.2) is 88.3 Å². The van der Waals surface area contributed by atoms with E-state index in [4.69, 9.17) is 64.5 Å². The van der Waals surface area contributed by atoms with Gasteiger partial charge >= 0.3 is 43.6 Å². The average molecular weight is 1390 g/mol. The number of rotatable bonds is 6. The summed E-state index contributed by atoms with van der Waals surface area (Å²) < 4.78 is 78.8. The number of hydrogen-bond acceptors (Lipinski definition) is 19. The first-order valence-electron chi connectivity index (χ1n) is 31.7. The second-order valence-corrected chi connectivity index (χ2v) is 28.0. The Kier molecular flexibility index (Phi) is 19.2. The SMILES string of the molecule is CC1(C)OB(B2OC(C)(C)C(C)(C)O2)OC1(C)C.COc1ccc2c(c1)c(=O)oc1cc(B3OC(C)(C)C(C)(C)O3)ccc12.COc1ccc2c(c1)c(=O)oc1cc(Br)ccc12.COc1ccc2c(c1)c(=O)oc1cc(C)ccc12.COc1ccc2c(c1)c(=O)oc1cc(O)ccc12. The van der Waals surface area contributed by atoms with E-state index in [1.165, 1.54) is 6.07 Å². The van der Waals surface area contributed by atoms with Gasteiger partial charge in [0.05, 0.1) is 83.6 Å². The Bertz CT molecular complexity index is 4910. The first kappa shape index (κ1) is 70.4. The highest BCUT2D eigenvalue weighted by Gasteiger charge is 2.64. The maximum Gasteiger partial charge on any atom is 0.494 e. The van der Waals surface area contributed by atoms with Crippen molar-refractivity contribution in [3.05, 3.63) is 197 Å². The van der Waals surface area contributed by atoms with Gasteiger partial charge in [-0.05, 0) is 216 Å². The van der Waals surface area contributed by atoms with E-state index in [2.05, 4.69) is 15.9 Å². The quantitative estimate of drug-likeness (QED) is 0.0925. The molecule has 0 aliphatic carbocycles. The predicted octanol–water partition coefficient (Wildman–Crippen LogP) is 15.1. The minimum absolute atomic E-state index is 0.0681. The standard InChI is InChI=1S/C20H21BO5.C15H12O3.C14H9BrO3.C14H10O4.C12H24B2O4/c1-19(2)20(3,4)26-21(25-19)12-6-8-15-14-9-7-13(23-5)11-16(14)18(22)24-17(15)10-12;1-9-3-5-12-11-6-4-10(17-2)8-13(11)15(16)18-14(12)7-9;2*1-17-9-3-5-10-11-4-2-8(15)6-13(11)18-14(16)12(10)7-9;1-9(2)10(3,4)16-13(15-9)14-17-11(5,6)12(7,8)18-14/h6-11H,1-5H3;3-8H,1-2H3;2-7H,1H3;2-7,15H,1H3;1-8H3. The number of fused-ring (bicyclic) bond motifs is 12. The monoisotopic (exact) mass is 1390 g/mol. The van der Waals surface area contributed by atoms with Crippen molar-refractivity contribution in [3.8, 4) is 28.7 Å². The summed E-state index contributed by atoms with van der Waals surface area (Å²) >= 11 is 3.36. The zero-order valence-electron chi connectivity index (χ0n) is 57.8. The summed E-state index contributed by atoms with van der Waals surface area (Å²) in [4.78, 5) is 48.2. The third kappa shape index (κ3) is 13.8. The van der Waals surface area contributed by atoms with Crippen LogP contribution >= 0.6 is 15.9 Å². The number of aromatic hydroxyl groups is 1. The Morgan fingerprint density at radius 1 is 0.327 bits per heavy atom. The molecule has 0 unspecified atom stereocenters. The molecular formula is C75H76B3BrO19. The molecule has 0 bridgehead atoms. The summed E-state index contributed by atoms with van der Waals surface area (Å²) in [6.45, 7) is 26.2. The fraction of sp³-hybridized carbons (Fsp3) is 0.307. The van der Waals surface area contributed by atoms with Gasteiger partial charge in [0.1, 0.15) is 51.1 Å². The molecule has 8 aromatic carbocycles. The Balaban J connectivity index is 0.000000125. The summed E-state index contributed by atoms with van der Waals surface area (Å²) in [6.07, 6.45) is 0. The summed E-state index contributed by atoms with van der Waals surface area (Å²) in [7, 11) is 4.81. The topological polar surface area (TPSA) is 233 Å². The first-order chi connectivity index (χ1) is 46.2. The fourth-order valence-corrected chi connectivity index (χ4v) is 11.7. The van der Waals surface area contributed by atoms with Crippen molar-refractivity contribution in [2.75, 3.05) is 28.4 Å². The third-order valence-corrected chi connectivity index (χ3v) is 19.6. The highest BCUT2D eigenvalue weighted by Crippen LogP contribution is 2.44. The molecule has 15 rings (SSSR count). The predicted molar refractivity (Wildman–Crippen MR) is 388 cm³/mol. The van der Waals surface area contributed by atoms with Crippen molar-refractivity contribution in [2.24, 2.45) is 0 Å². The van der Waals surface area contributed by atoms with Crippen molar-refractivity contribution >= 4 is 129 Å². The first-order valence-corrected chi connectivity index (χ1v) is 32.5. The molecular weight excluding hydrogens is 1320 g/mol. The van der Waals surface area contributed by atoms with Gasteiger partial charge in [-0.15, -0.1) is 0 Å². The van der Waals surface area contributed by atoms with Gasteiger partial charge in [0.2, 0.25) is 0 Å². The third-order valence-electron chi connectivity index (χ3n) is 19.1. The van der Waals surface area contributed by atoms with E-state index in [0.717, 1.165) is 58.6 Å². The number of phenols is 1. The van der Waals surface area contributed by atoms with Crippen molar-refractivity contribution in [1.29, 1.82) is 0 Å². The molecule has 0 atom stereocenters. The van der Waals surface area contributed by atoms with E-state index in [1.54, 1.807) is 77.0 Å². The maximum atomic E-state index is 12.4. The average Bonchev–Trinajstić information content (AvgIpc) is 1.50. The van der Waals surface area contributed by atoms with Gasteiger partial charge in [0.15, 0.2) is 0 Å². The van der Waals surface area contributed by atoms with Crippen molar-refractivity contribution < 1.29 is 69.6 Å². The largest absolute Gasteiger partial charge is 0.508 e. The van der Waals surface area contributed by atoms with E-state index in [9.17, 15) is 24.3 Å². The molecule has 3 saturated heterocycles. The highest BCUT2D eigenvalue weighted by atomic mass is 79.9. The van der Waals surface area contributed by atoms with E-state index in [-0.39, 0.29) is 39.4 Å². The van der Waals surface area contributed by atoms with Crippen LogP contribution in [0.15, 0.2) is 187 Å². The van der Waals surface area contributed by atoms with Gasteiger partial charge in [-0.1, -0.05) is 40.2 Å². The zero-order valence-corrected chi connectivity index (χ0v) is 59.3. The van der Waals surface area contributed by atoms with Crippen LogP contribution in [0.25, 0.3) is 87.0 Å². The molecule has 0 amide bonds. The van der Waals surface area contributed by atoms with Gasteiger partial charge in [0, 0.05) is 53.6 Å². The van der Waals surface area contributed by atoms with Crippen LogP contribution in [0.5, 0.6) is 28.7 Å². The lowest BCUT2D eigenvalue weighted by Crippen LogP contribution is -2.41. The summed E-state index contributed by atoms with van der Waals surface area (Å²) in [5, 5.41) is 18.3. The van der Waals surface area contributed by atoms with Crippen LogP contribution in [0.3, 0.4) is 0 Å². The van der Waals surface area contributed by atoms with Crippen LogP contribution < -0.4 is 46.9 Å². The molecule has 19 nitrogen and oxygen atoms in total. The molecule has 1 N–H and O–H groups in total. The van der Waals surface area contributed by atoms with Gasteiger partial charge in [-0.2, -0.15) is 0 Å². The number of benzene rings is 8. The van der Waals surface area contributed by atoms with Crippen molar-refractivity contribution in [3.63, 3.8) is 0 Å². The van der Waals surface area contributed by atoms with Gasteiger partial charge in [-0.3, -0.25) is 0 Å². The molecule has 0 spiro atoms. The molecule has 7 heterocycles. The normalized spacial score (nSPS) is 16.9. The molecule has 23 heteroatoms. The molecule has 506 valence electrons. The number of methoxy groups -OCH3 is 4. The lowest BCUT2D eigenvalue weighted by atomic mass is 9.49. The van der Waals surface area contributed by atoms with Gasteiger partial charge in [-0.25, -0.2) is 19.2 Å². The van der Waals surface area contributed by atoms with Gasteiger partial charge in [0.25, 0.3) is 0 Å². The van der Waals surface area contributed by atoms with E-state index in [1.807, 2.05) is 181 Å². The fourth-order valence-electron chi connectivity index (χ4n) is 11.4. The van der Waals surface area contributed by atoms with Crippen LogP contribution in [0.1, 0.15) is 88.6 Å². The van der Waals surface area contributed by atoms with Crippen LogP contribution in [-0.2, 0) is 27.9 Å². The van der Waals surface area contributed by atoms with Crippen LogP contribution in [0.4, 0.5) is 0 Å². The second kappa shape index (κ2) is 26.7. The molecule has 3 fully saturated rings. The zero-order chi connectivity index (χ0) is 70.8. The van der Waals surface area contributed by atoms with Crippen LogP contribution in [0, 0.1) is 6.92 Å². The number of phenolic OH excluding ortho intramolecular Hbond substituents is 1. The molecule has 0 saturated carbocycles. The molecule has 3 aliphatic rings. The summed E-state index contributed by atoms with van der Waals surface area (Å²) in [5.74, 6) is 2.59. The van der Waals surface area contributed by atoms with Crippen molar-refractivity contribution in [1.82, 2.24) is 0 Å². The molecule has 12 aromatic rings. The van der Waals surface area contributed by atoms with Gasteiger partial charge < -0.3 is 69.6 Å². The maximum absolute atomic E-state index is 12.4. The van der Waals surface area contributed by atoms with E-state index < -0.39 is 43.6 Å². The molecule has 0 radical (unpaired) electrons. The summed E-state index contributed by atoms with van der Waals surface area (Å²) in [6, 6.07) is 43.4. The lowest BCUT2D eigenvalue weighted by molar-refractivity contribution is 0.00578. The Hall–Kier alpha value is -8.93. The second-order valence-electron chi connectivity index (χ2n) is 27.1. The van der Waals surface area contributed by atoms with E-state index in [0.29, 0.717) is 66.9 Å². The number of hydrogen-bond donors (Lipinski definition) is 1. The minimum atomic E-state index is -0.499. The molecule has 3 aliphatic heterocycles. The highest BCUT2D eigenvalue weighted by molar-refractivity contribution is 9.10. The Morgan fingerprint density at radius 3 is 0.969 bits per heavy atom. The van der Waals surface area contributed by atoms with E-state index >= 15 is 0 Å². The Labute approximate surface area is 574 Å². The lowest BCUT2D eigenvalue weighted by Gasteiger charge is -2.32.